The van der Waals surface area contributed by atoms with Gasteiger partial charge in [-0.3, -0.25) is 0 Å². The van der Waals surface area contributed by atoms with Crippen LogP contribution in [0.2, 0.25) is 0 Å². The number of unbranched alkanes of at least 4 members (excludes halogenated alkanes) is 1. The molecular weight excluding hydrogens is 627 g/mol. The van der Waals surface area contributed by atoms with E-state index in [4.69, 9.17) is 0 Å². The monoisotopic (exact) mass is 662 g/mol. The zero-order chi connectivity index (χ0) is 31.6. The molecule has 5 rings (SSSR count). The van der Waals surface area contributed by atoms with Gasteiger partial charge in [0.1, 0.15) is 0 Å². The van der Waals surface area contributed by atoms with Gasteiger partial charge >= 0.3 is 33.0 Å². The van der Waals surface area contributed by atoms with Crippen molar-refractivity contribution in [1.29, 1.82) is 0 Å². The van der Waals surface area contributed by atoms with E-state index in [1.807, 2.05) is 0 Å². The molecule has 5 aromatic rings. The Bertz CT molecular complexity index is 1460. The van der Waals surface area contributed by atoms with E-state index in [0.717, 1.165) is 6.16 Å². The zero-order valence-corrected chi connectivity index (χ0v) is 26.8. The summed E-state index contributed by atoms with van der Waals surface area (Å²) < 4.78 is 59.2. The predicted molar refractivity (Wildman–Crippen MR) is 181 cm³/mol. The number of hydrogen-bond donors (Lipinski definition) is 0. The van der Waals surface area contributed by atoms with Gasteiger partial charge in [0.2, 0.25) is 0 Å². The molecule has 9 heteroatoms. The van der Waals surface area contributed by atoms with Crippen LogP contribution in [0.5, 0.6) is 0 Å². The molecule has 232 valence electrons. The fourth-order valence-corrected chi connectivity index (χ4v) is 12.1. The van der Waals surface area contributed by atoms with E-state index in [0.29, 0.717) is 0 Å². The molecule has 0 amide bonds. The summed E-state index contributed by atoms with van der Waals surface area (Å²) in [6, 6.07) is 56.1. The van der Waals surface area contributed by atoms with Crippen LogP contribution in [-0.4, -0.2) is 12.3 Å². The van der Waals surface area contributed by atoms with Crippen molar-refractivity contribution in [1.82, 2.24) is 0 Å². The first kappa shape index (κ1) is 33.9. The van der Waals surface area contributed by atoms with Crippen LogP contribution in [0.3, 0.4) is 0 Å². The molecule has 0 aliphatic heterocycles. The second kappa shape index (κ2) is 13.9. The van der Waals surface area contributed by atoms with Gasteiger partial charge in [0.25, 0.3) is 0 Å². The molecule has 0 bridgehead atoms. The third-order valence-electron chi connectivity index (χ3n) is 7.10. The topological polar surface area (TPSA) is 0 Å². The van der Waals surface area contributed by atoms with Gasteiger partial charge in [-0.1, -0.05) is 127 Å². The average molecular weight is 663 g/mol. The van der Waals surface area contributed by atoms with Gasteiger partial charge in [-0.2, -0.15) is 0 Å². The Kier molecular flexibility index (Phi) is 10.7. The summed E-state index contributed by atoms with van der Waals surface area (Å²) in [6.07, 6.45) is 6.07. The van der Waals surface area contributed by atoms with E-state index in [9.17, 15) is 25.2 Å². The summed E-state index contributed by atoms with van der Waals surface area (Å²) in [6.45, 7) is 0. The summed E-state index contributed by atoms with van der Waals surface area (Å²) in [5.41, 5.74) is 1.44. The fraction of sp³-hybridized carbons (Fsp3) is 0.143. The van der Waals surface area contributed by atoms with Crippen molar-refractivity contribution < 1.29 is 25.2 Å². The molecule has 0 saturated carbocycles. The van der Waals surface area contributed by atoms with Gasteiger partial charge in [0.05, 0.1) is 30.2 Å². The summed E-state index contributed by atoms with van der Waals surface area (Å²) in [5.74, 6) is 0. The van der Waals surface area contributed by atoms with Gasteiger partial charge in [0, 0.05) is 0 Å². The molecule has 0 aliphatic rings. The minimum atomic E-state index is -10.7. The molecule has 44 heavy (non-hydrogen) atoms. The molecule has 0 nitrogen and oxygen atoms in total. The minimum Gasteiger partial charge on any atom is -0.0622 e. The molecular formula is C35H35F6P3. The molecule has 0 fully saturated rings. The van der Waals surface area contributed by atoms with Crippen molar-refractivity contribution in [2.75, 3.05) is 12.3 Å². The van der Waals surface area contributed by atoms with Crippen molar-refractivity contribution in [2.24, 2.45) is 0 Å². The Morgan fingerprint density at radius 2 is 0.795 bits per heavy atom. The average Bonchev–Trinajstić information content (AvgIpc) is 3.01. The number of halogens is 6. The maximum atomic E-state index is 9.87. The summed E-state index contributed by atoms with van der Waals surface area (Å²) in [5, 5.41) is 6.03. The molecule has 0 heterocycles. The van der Waals surface area contributed by atoms with E-state index in [2.05, 4.69) is 152 Å². The van der Waals surface area contributed by atoms with Crippen LogP contribution < -0.4 is 21.2 Å². The van der Waals surface area contributed by atoms with Crippen LogP contribution in [0.4, 0.5) is 25.2 Å². The van der Waals surface area contributed by atoms with E-state index in [1.165, 1.54) is 51.9 Å². The number of rotatable bonds is 11. The fourth-order valence-electron chi connectivity index (χ4n) is 5.27. The molecule has 0 atom stereocenters. The molecule has 0 spiro atoms. The smallest absolute Gasteiger partial charge is 0.0622 e. The maximum absolute atomic E-state index is 10.7. The molecule has 0 N–H and O–H groups in total. The second-order valence-electron chi connectivity index (χ2n) is 10.5. The normalized spacial score (nSPS) is 13.3. The van der Waals surface area contributed by atoms with Crippen LogP contribution in [0, 0.1) is 0 Å². The SMILES string of the molecule is F[P-](F)(F)(F)(F)F.c1ccc(C[P+](CCCCP(c2ccccc2)c2ccccc2)(c2ccccc2)c2ccccc2)cc1. The Labute approximate surface area is 257 Å². The van der Waals surface area contributed by atoms with Crippen molar-refractivity contribution in [3.63, 3.8) is 0 Å². The Hall–Kier alpha value is -3.03. The first-order valence-corrected chi connectivity index (χ1v) is 20.0. The second-order valence-corrected chi connectivity index (χ2v) is 18.5. The largest absolute Gasteiger partial charge is 0.0995 e. The van der Waals surface area contributed by atoms with Crippen LogP contribution in [-0.2, 0) is 6.16 Å². The van der Waals surface area contributed by atoms with Crippen LogP contribution >= 0.6 is 23.0 Å². The van der Waals surface area contributed by atoms with Crippen molar-refractivity contribution >= 4 is 44.2 Å². The number of hydrogen-bond acceptors (Lipinski definition) is 0. The van der Waals surface area contributed by atoms with Crippen LogP contribution in [0.15, 0.2) is 152 Å². The molecule has 5 aromatic carbocycles. The van der Waals surface area contributed by atoms with E-state index >= 15 is 0 Å². The molecule has 0 aromatic heterocycles. The van der Waals surface area contributed by atoms with Crippen molar-refractivity contribution in [2.45, 2.75) is 19.0 Å². The van der Waals surface area contributed by atoms with Gasteiger partial charge in [-0.15, -0.1) is 0 Å². The first-order valence-electron chi connectivity index (χ1n) is 14.3. The van der Waals surface area contributed by atoms with Gasteiger partial charge in [-0.05, 0) is 67.4 Å². The van der Waals surface area contributed by atoms with Gasteiger partial charge < -0.3 is 0 Å². The Morgan fingerprint density at radius 1 is 0.455 bits per heavy atom. The summed E-state index contributed by atoms with van der Waals surface area (Å²) in [4.78, 5) is 0. The quantitative estimate of drug-likeness (QED) is 0.0750. The van der Waals surface area contributed by atoms with Gasteiger partial charge in [0.15, 0.2) is 0 Å². The Balaban J connectivity index is 0.000000566. The summed E-state index contributed by atoms with van der Waals surface area (Å²) in [7, 11) is -12.6. The zero-order valence-electron chi connectivity index (χ0n) is 24.1. The van der Waals surface area contributed by atoms with Crippen LogP contribution in [0.1, 0.15) is 18.4 Å². The van der Waals surface area contributed by atoms with E-state index in [-0.39, 0.29) is 7.92 Å². The standard InChI is InChI=1S/C35H35P2.F6P/c1-6-18-31(19-7-1)30-37(34-24-12-4-13-25-34,35-26-14-5-15-27-35)29-17-16-28-36(32-20-8-2-9-21-32)33-22-10-3-11-23-33;1-7(2,3,4,5)6/h1-15,18-27H,16-17,28-30H2;/q+1;-1. The third-order valence-corrected chi connectivity index (χ3v) is 14.3. The molecule has 0 radical (unpaired) electrons. The third kappa shape index (κ3) is 11.5. The van der Waals surface area contributed by atoms with Crippen LogP contribution in [0.25, 0.3) is 0 Å². The predicted octanol–water partition coefficient (Wildman–Crippen LogP) is 11.2. The maximum Gasteiger partial charge on any atom is 0.0995 e. The summed E-state index contributed by atoms with van der Waals surface area (Å²) >= 11 is 0. The molecule has 0 unspecified atom stereocenters. The van der Waals surface area contributed by atoms with E-state index in [1.54, 1.807) is 0 Å². The first-order chi connectivity index (χ1) is 20.8. The minimum absolute atomic E-state index is 0.343. The van der Waals surface area contributed by atoms with Crippen molar-refractivity contribution in [3.05, 3.63) is 157 Å². The Morgan fingerprint density at radius 3 is 1.18 bits per heavy atom. The molecule has 0 saturated heterocycles. The molecule has 0 aliphatic carbocycles. The van der Waals surface area contributed by atoms with E-state index < -0.39 is 15.1 Å². The van der Waals surface area contributed by atoms with Gasteiger partial charge in [-0.25, -0.2) is 0 Å². The van der Waals surface area contributed by atoms with Crippen molar-refractivity contribution in [3.8, 4) is 0 Å². The number of benzene rings is 5.